The normalized spacial score (nSPS) is 14.8. The third-order valence-electron chi connectivity index (χ3n) is 5.58. The van der Waals surface area contributed by atoms with E-state index in [9.17, 15) is 9.59 Å². The molecule has 2 amide bonds. The predicted octanol–water partition coefficient (Wildman–Crippen LogP) is 4.68. The highest BCUT2D eigenvalue weighted by molar-refractivity contribution is 7.80. The Balaban J connectivity index is 1.37. The summed E-state index contributed by atoms with van der Waals surface area (Å²) in [4.78, 5) is 25.9. The molecule has 1 aromatic heterocycles. The number of carbonyl (C=O) groups is 2. The van der Waals surface area contributed by atoms with Gasteiger partial charge in [-0.2, -0.15) is 0 Å². The zero-order valence-electron chi connectivity index (χ0n) is 18.2. The first-order valence-electron chi connectivity index (χ1n) is 10.7. The van der Waals surface area contributed by atoms with E-state index in [0.717, 1.165) is 35.3 Å². The molecule has 4 N–H and O–H groups in total. The minimum absolute atomic E-state index is 0.124. The monoisotopic (exact) mass is 479 g/mol. The number of fused-ring (bicyclic) bond motifs is 1. The highest BCUT2D eigenvalue weighted by atomic mass is 32.1. The van der Waals surface area contributed by atoms with E-state index < -0.39 is 5.91 Å². The topological polar surface area (TPSA) is 93.4 Å². The van der Waals surface area contributed by atoms with Gasteiger partial charge in [-0.15, -0.1) is 11.3 Å². The highest BCUT2D eigenvalue weighted by Gasteiger charge is 2.27. The summed E-state index contributed by atoms with van der Waals surface area (Å²) in [5.41, 5.74) is 8.65. The number of primary amides is 1. The molecular weight excluding hydrogens is 454 g/mol. The molecule has 6 nitrogen and oxygen atoms in total. The van der Waals surface area contributed by atoms with Gasteiger partial charge in [0, 0.05) is 10.4 Å². The zero-order valence-corrected chi connectivity index (χ0v) is 19.9. The van der Waals surface area contributed by atoms with Crippen LogP contribution in [0.1, 0.15) is 50.1 Å². The number of hydrogen-bond acceptors (Lipinski definition) is 5. The molecule has 0 unspecified atom stereocenters. The van der Waals surface area contributed by atoms with Crippen molar-refractivity contribution < 1.29 is 14.3 Å². The van der Waals surface area contributed by atoms with Crippen LogP contribution in [0.15, 0.2) is 54.6 Å². The first kappa shape index (κ1) is 22.9. The summed E-state index contributed by atoms with van der Waals surface area (Å²) in [7, 11) is 0. The molecule has 8 heteroatoms. The first-order valence-corrected chi connectivity index (χ1v) is 12.0. The van der Waals surface area contributed by atoms with Crippen molar-refractivity contribution in [1.29, 1.82) is 0 Å². The molecule has 0 spiro atoms. The van der Waals surface area contributed by atoms with Crippen molar-refractivity contribution in [3.63, 3.8) is 0 Å². The number of carbonyl (C=O) groups excluding carboxylic acids is 2. The SMILES string of the molecule is C[C@H]1CCc2c(sc(NC(=S)NC(=O)c3ccc(OCc4ccccc4)cc3)c2C(N)=O)C1. The second-order valence-electron chi connectivity index (χ2n) is 8.13. The van der Waals surface area contributed by atoms with Crippen LogP contribution in [0, 0.1) is 5.92 Å². The number of thiophene rings is 1. The van der Waals surface area contributed by atoms with E-state index in [1.807, 2.05) is 30.3 Å². The summed E-state index contributed by atoms with van der Waals surface area (Å²) in [5.74, 6) is 0.402. The fourth-order valence-electron chi connectivity index (χ4n) is 3.85. The maximum absolute atomic E-state index is 12.6. The van der Waals surface area contributed by atoms with E-state index in [0.29, 0.717) is 34.4 Å². The van der Waals surface area contributed by atoms with E-state index in [1.165, 1.54) is 11.3 Å². The van der Waals surface area contributed by atoms with Gasteiger partial charge in [0.25, 0.3) is 11.8 Å². The number of thiocarbonyl (C=S) groups is 1. The van der Waals surface area contributed by atoms with Crippen LogP contribution in [0.25, 0.3) is 0 Å². The van der Waals surface area contributed by atoms with Gasteiger partial charge in [0.2, 0.25) is 0 Å². The lowest BCUT2D eigenvalue weighted by molar-refractivity contribution is 0.0975. The van der Waals surface area contributed by atoms with Gasteiger partial charge in [-0.1, -0.05) is 37.3 Å². The summed E-state index contributed by atoms with van der Waals surface area (Å²) in [6, 6.07) is 16.7. The van der Waals surface area contributed by atoms with E-state index in [-0.39, 0.29) is 11.0 Å². The Hall–Kier alpha value is -3.23. The molecule has 0 saturated carbocycles. The van der Waals surface area contributed by atoms with Crippen LogP contribution in [0.3, 0.4) is 0 Å². The average Bonchev–Trinajstić information content (AvgIpc) is 3.15. The molecule has 0 aliphatic heterocycles. The second-order valence-corrected chi connectivity index (χ2v) is 9.64. The molecule has 0 saturated heterocycles. The molecule has 1 heterocycles. The van der Waals surface area contributed by atoms with Crippen LogP contribution >= 0.6 is 23.6 Å². The summed E-state index contributed by atoms with van der Waals surface area (Å²) < 4.78 is 5.76. The van der Waals surface area contributed by atoms with Gasteiger partial charge in [0.1, 0.15) is 17.4 Å². The number of ether oxygens (including phenoxy) is 1. The van der Waals surface area contributed by atoms with E-state index in [2.05, 4.69) is 17.6 Å². The Kier molecular flexibility index (Phi) is 7.05. The van der Waals surface area contributed by atoms with E-state index in [4.69, 9.17) is 22.7 Å². The molecule has 1 aliphatic carbocycles. The molecule has 0 fully saturated rings. The molecule has 0 bridgehead atoms. The Morgan fingerprint density at radius 3 is 2.58 bits per heavy atom. The van der Waals surface area contributed by atoms with Crippen molar-refractivity contribution in [2.75, 3.05) is 5.32 Å². The third-order valence-corrected chi connectivity index (χ3v) is 6.95. The minimum Gasteiger partial charge on any atom is -0.489 e. The summed E-state index contributed by atoms with van der Waals surface area (Å²) in [6.07, 6.45) is 2.76. The molecule has 3 aromatic rings. The average molecular weight is 480 g/mol. The maximum atomic E-state index is 12.6. The maximum Gasteiger partial charge on any atom is 0.257 e. The molecule has 1 atom stereocenters. The highest BCUT2D eigenvalue weighted by Crippen LogP contribution is 2.39. The van der Waals surface area contributed by atoms with Gasteiger partial charge < -0.3 is 15.8 Å². The molecule has 0 radical (unpaired) electrons. The van der Waals surface area contributed by atoms with Crippen molar-refractivity contribution in [3.8, 4) is 5.75 Å². The van der Waals surface area contributed by atoms with Gasteiger partial charge in [0.15, 0.2) is 5.11 Å². The third kappa shape index (κ3) is 5.58. The van der Waals surface area contributed by atoms with Crippen molar-refractivity contribution in [2.24, 2.45) is 11.7 Å². The summed E-state index contributed by atoms with van der Waals surface area (Å²) >= 11 is 6.81. The van der Waals surface area contributed by atoms with Gasteiger partial charge in [-0.3, -0.25) is 14.9 Å². The van der Waals surface area contributed by atoms with Crippen molar-refractivity contribution in [1.82, 2.24) is 5.32 Å². The van der Waals surface area contributed by atoms with Crippen LogP contribution in [0.2, 0.25) is 0 Å². The molecular formula is C25H25N3O3S2. The van der Waals surface area contributed by atoms with Crippen molar-refractivity contribution in [2.45, 2.75) is 32.8 Å². The van der Waals surface area contributed by atoms with Gasteiger partial charge >= 0.3 is 0 Å². The van der Waals surface area contributed by atoms with E-state index >= 15 is 0 Å². The number of benzene rings is 2. The van der Waals surface area contributed by atoms with Crippen LogP contribution in [-0.2, 0) is 19.4 Å². The Bertz CT molecular complexity index is 1170. The van der Waals surface area contributed by atoms with Crippen LogP contribution in [0.4, 0.5) is 5.00 Å². The summed E-state index contributed by atoms with van der Waals surface area (Å²) in [5, 5.41) is 6.40. The van der Waals surface area contributed by atoms with Crippen LogP contribution in [-0.4, -0.2) is 16.9 Å². The fourth-order valence-corrected chi connectivity index (χ4v) is 5.53. The number of amides is 2. The zero-order chi connectivity index (χ0) is 23.4. The van der Waals surface area contributed by atoms with Crippen LogP contribution in [0.5, 0.6) is 5.75 Å². The van der Waals surface area contributed by atoms with Crippen molar-refractivity contribution >= 4 is 45.5 Å². The lowest BCUT2D eigenvalue weighted by Crippen LogP contribution is -2.34. The lowest BCUT2D eigenvalue weighted by atomic mass is 9.88. The van der Waals surface area contributed by atoms with E-state index in [1.54, 1.807) is 24.3 Å². The number of nitrogens with one attached hydrogen (secondary N) is 2. The standard InChI is InChI=1S/C25H25N3O3S2/c1-15-7-12-19-20(13-15)33-24(21(19)22(26)29)28-25(32)27-23(30)17-8-10-18(11-9-17)31-14-16-5-3-2-4-6-16/h2-6,8-11,15H,7,12-14H2,1H3,(H2,26,29)(H2,27,28,30,32)/t15-/m0/s1. The predicted molar refractivity (Wildman–Crippen MR) is 135 cm³/mol. The van der Waals surface area contributed by atoms with Gasteiger partial charge in [0.05, 0.1) is 5.56 Å². The van der Waals surface area contributed by atoms with Gasteiger partial charge in [-0.05, 0) is 72.8 Å². The Labute approximate surface area is 202 Å². The number of nitrogens with two attached hydrogens (primary N) is 1. The Morgan fingerprint density at radius 2 is 1.88 bits per heavy atom. The second kappa shape index (κ2) is 10.1. The lowest BCUT2D eigenvalue weighted by Gasteiger charge is -2.18. The number of anilines is 1. The van der Waals surface area contributed by atoms with Crippen molar-refractivity contribution in [3.05, 3.63) is 81.7 Å². The minimum atomic E-state index is -0.482. The molecule has 2 aromatic carbocycles. The summed E-state index contributed by atoms with van der Waals surface area (Å²) in [6.45, 7) is 2.65. The first-order chi connectivity index (χ1) is 15.9. The largest absolute Gasteiger partial charge is 0.489 e. The Morgan fingerprint density at radius 1 is 1.15 bits per heavy atom. The number of rotatable bonds is 6. The quantitative estimate of drug-likeness (QED) is 0.447. The molecule has 170 valence electrons. The smallest absolute Gasteiger partial charge is 0.257 e. The van der Waals surface area contributed by atoms with Crippen LogP contribution < -0.4 is 21.1 Å². The van der Waals surface area contributed by atoms with Gasteiger partial charge in [-0.25, -0.2) is 0 Å². The fraction of sp³-hybridized carbons (Fsp3) is 0.240. The number of hydrogen-bond donors (Lipinski definition) is 3. The molecule has 4 rings (SSSR count). The molecule has 33 heavy (non-hydrogen) atoms. The molecule has 1 aliphatic rings.